The topological polar surface area (TPSA) is 3.24 Å². The standard InChI is InChI=1S/C14H29N/c1-13(2)9-8-10-14(3)15-11-6-4-5-7-12-15/h13-14H,4-12H2,1-3H3. The predicted octanol–water partition coefficient (Wildman–Crippen LogP) is 4.08. The fourth-order valence-electron chi connectivity index (χ4n) is 2.54. The quantitative estimate of drug-likeness (QED) is 0.662. The Kier molecular flexibility index (Phi) is 6.31. The van der Waals surface area contributed by atoms with Crippen molar-refractivity contribution in [2.24, 2.45) is 5.92 Å². The molecule has 1 aliphatic heterocycles. The van der Waals surface area contributed by atoms with Crippen molar-refractivity contribution in [3.63, 3.8) is 0 Å². The molecule has 0 saturated carbocycles. The van der Waals surface area contributed by atoms with Crippen molar-refractivity contribution in [2.75, 3.05) is 13.1 Å². The van der Waals surface area contributed by atoms with Gasteiger partial charge in [0.1, 0.15) is 0 Å². The van der Waals surface area contributed by atoms with E-state index in [0.717, 1.165) is 12.0 Å². The zero-order chi connectivity index (χ0) is 11.1. The highest BCUT2D eigenvalue weighted by Crippen LogP contribution is 2.17. The Morgan fingerprint density at radius 1 is 0.867 bits per heavy atom. The summed E-state index contributed by atoms with van der Waals surface area (Å²) in [5.41, 5.74) is 0. The number of likely N-dealkylation sites (tertiary alicyclic amines) is 1. The zero-order valence-electron chi connectivity index (χ0n) is 11.0. The highest BCUT2D eigenvalue weighted by Gasteiger charge is 2.15. The van der Waals surface area contributed by atoms with Gasteiger partial charge in [-0.25, -0.2) is 0 Å². The maximum absolute atomic E-state index is 2.72. The third-order valence-electron chi connectivity index (χ3n) is 3.67. The maximum Gasteiger partial charge on any atom is 0.00669 e. The van der Waals surface area contributed by atoms with Crippen molar-refractivity contribution >= 4 is 0 Å². The smallest absolute Gasteiger partial charge is 0.00669 e. The lowest BCUT2D eigenvalue weighted by Crippen LogP contribution is -2.33. The summed E-state index contributed by atoms with van der Waals surface area (Å²) in [5.74, 6) is 0.876. The monoisotopic (exact) mass is 211 g/mol. The molecule has 1 fully saturated rings. The minimum Gasteiger partial charge on any atom is -0.301 e. The van der Waals surface area contributed by atoms with Crippen molar-refractivity contribution in [1.29, 1.82) is 0 Å². The van der Waals surface area contributed by atoms with Gasteiger partial charge in [-0.05, 0) is 45.2 Å². The molecule has 1 heteroatoms. The van der Waals surface area contributed by atoms with Crippen molar-refractivity contribution in [3.8, 4) is 0 Å². The largest absolute Gasteiger partial charge is 0.301 e. The van der Waals surface area contributed by atoms with Crippen molar-refractivity contribution in [2.45, 2.75) is 71.8 Å². The molecule has 1 heterocycles. The lowest BCUT2D eigenvalue weighted by molar-refractivity contribution is 0.202. The van der Waals surface area contributed by atoms with Crippen molar-refractivity contribution < 1.29 is 0 Å². The number of hydrogen-bond acceptors (Lipinski definition) is 1. The van der Waals surface area contributed by atoms with Crippen molar-refractivity contribution in [3.05, 3.63) is 0 Å². The van der Waals surface area contributed by atoms with Crippen LogP contribution >= 0.6 is 0 Å². The van der Waals surface area contributed by atoms with Gasteiger partial charge in [0.15, 0.2) is 0 Å². The molecular weight excluding hydrogens is 182 g/mol. The molecule has 0 aromatic carbocycles. The molecular formula is C14H29N. The third kappa shape index (κ3) is 5.55. The van der Waals surface area contributed by atoms with E-state index in [2.05, 4.69) is 25.7 Å². The minimum absolute atomic E-state index is 0.821. The molecule has 0 aromatic heterocycles. The minimum atomic E-state index is 0.821. The lowest BCUT2D eigenvalue weighted by Gasteiger charge is -2.27. The summed E-state index contributed by atoms with van der Waals surface area (Å²) in [5, 5.41) is 0. The summed E-state index contributed by atoms with van der Waals surface area (Å²) in [4.78, 5) is 2.72. The first-order valence-corrected chi connectivity index (χ1v) is 6.94. The van der Waals surface area contributed by atoms with Crippen LogP contribution in [-0.4, -0.2) is 24.0 Å². The first kappa shape index (κ1) is 13.0. The normalized spacial score (nSPS) is 21.6. The van der Waals surface area contributed by atoms with E-state index >= 15 is 0 Å². The van der Waals surface area contributed by atoms with Gasteiger partial charge >= 0.3 is 0 Å². The molecule has 0 amide bonds. The second-order valence-corrected chi connectivity index (χ2v) is 5.62. The molecule has 0 aliphatic carbocycles. The van der Waals surface area contributed by atoms with Gasteiger partial charge in [-0.3, -0.25) is 0 Å². The van der Waals surface area contributed by atoms with Crippen molar-refractivity contribution in [1.82, 2.24) is 4.90 Å². The predicted molar refractivity (Wildman–Crippen MR) is 68.2 cm³/mol. The van der Waals surface area contributed by atoms with Gasteiger partial charge in [0.25, 0.3) is 0 Å². The van der Waals surface area contributed by atoms with Crippen LogP contribution in [0.25, 0.3) is 0 Å². The average Bonchev–Trinajstić information content (AvgIpc) is 2.44. The van der Waals surface area contributed by atoms with Gasteiger partial charge in [-0.2, -0.15) is 0 Å². The van der Waals surface area contributed by atoms with E-state index < -0.39 is 0 Å². The molecule has 15 heavy (non-hydrogen) atoms. The van der Waals surface area contributed by atoms with Gasteiger partial charge in [-0.15, -0.1) is 0 Å². The molecule has 1 nitrogen and oxygen atoms in total. The van der Waals surface area contributed by atoms with Crippen LogP contribution in [0.5, 0.6) is 0 Å². The van der Waals surface area contributed by atoms with Gasteiger partial charge < -0.3 is 4.90 Å². The Balaban J connectivity index is 2.16. The van der Waals surface area contributed by atoms with Crippen LogP contribution in [0, 0.1) is 5.92 Å². The van der Waals surface area contributed by atoms with Crippen LogP contribution in [0.4, 0.5) is 0 Å². The first-order valence-electron chi connectivity index (χ1n) is 6.94. The Labute approximate surface area is 96.2 Å². The summed E-state index contributed by atoms with van der Waals surface area (Å²) in [6.45, 7) is 9.78. The summed E-state index contributed by atoms with van der Waals surface area (Å²) in [6, 6.07) is 0.821. The molecule has 90 valence electrons. The fraction of sp³-hybridized carbons (Fsp3) is 1.00. The SMILES string of the molecule is CC(C)CCCC(C)N1CCCCCC1. The Bertz CT molecular complexity index is 145. The van der Waals surface area contributed by atoms with Crippen LogP contribution in [0.2, 0.25) is 0 Å². The van der Waals surface area contributed by atoms with Crippen LogP contribution in [0.1, 0.15) is 65.7 Å². The van der Waals surface area contributed by atoms with Crippen LogP contribution < -0.4 is 0 Å². The Morgan fingerprint density at radius 3 is 2.00 bits per heavy atom. The molecule has 1 rings (SSSR count). The molecule has 1 unspecified atom stereocenters. The van der Waals surface area contributed by atoms with Gasteiger partial charge in [-0.1, -0.05) is 39.5 Å². The van der Waals surface area contributed by atoms with E-state index in [1.54, 1.807) is 0 Å². The Morgan fingerprint density at radius 2 is 1.47 bits per heavy atom. The Hall–Kier alpha value is -0.0400. The molecule has 0 N–H and O–H groups in total. The number of hydrogen-bond donors (Lipinski definition) is 0. The summed E-state index contributed by atoms with van der Waals surface area (Å²) < 4.78 is 0. The van der Waals surface area contributed by atoms with Gasteiger partial charge in [0.2, 0.25) is 0 Å². The van der Waals surface area contributed by atoms with E-state index in [1.807, 2.05) is 0 Å². The second-order valence-electron chi connectivity index (χ2n) is 5.62. The highest BCUT2D eigenvalue weighted by molar-refractivity contribution is 4.70. The number of rotatable bonds is 5. The number of nitrogens with zero attached hydrogens (tertiary/aromatic N) is 1. The summed E-state index contributed by atoms with van der Waals surface area (Å²) >= 11 is 0. The van der Waals surface area contributed by atoms with E-state index in [1.165, 1.54) is 58.0 Å². The van der Waals surface area contributed by atoms with E-state index in [4.69, 9.17) is 0 Å². The molecule has 0 radical (unpaired) electrons. The second kappa shape index (κ2) is 7.27. The molecule has 1 aliphatic rings. The highest BCUT2D eigenvalue weighted by atomic mass is 15.1. The van der Waals surface area contributed by atoms with E-state index in [-0.39, 0.29) is 0 Å². The van der Waals surface area contributed by atoms with Crippen LogP contribution in [-0.2, 0) is 0 Å². The molecule has 0 spiro atoms. The van der Waals surface area contributed by atoms with Crippen LogP contribution in [0.3, 0.4) is 0 Å². The van der Waals surface area contributed by atoms with Gasteiger partial charge in [0, 0.05) is 6.04 Å². The average molecular weight is 211 g/mol. The summed E-state index contributed by atoms with van der Waals surface area (Å²) in [6.07, 6.45) is 9.97. The van der Waals surface area contributed by atoms with E-state index in [9.17, 15) is 0 Å². The molecule has 0 aromatic rings. The zero-order valence-corrected chi connectivity index (χ0v) is 11.0. The molecule has 0 bridgehead atoms. The lowest BCUT2D eigenvalue weighted by atomic mass is 10.0. The van der Waals surface area contributed by atoms with E-state index in [0.29, 0.717) is 0 Å². The molecule has 1 saturated heterocycles. The maximum atomic E-state index is 2.72. The first-order chi connectivity index (χ1) is 7.20. The van der Waals surface area contributed by atoms with Gasteiger partial charge in [0.05, 0.1) is 0 Å². The summed E-state index contributed by atoms with van der Waals surface area (Å²) in [7, 11) is 0. The fourth-order valence-corrected chi connectivity index (χ4v) is 2.54. The van der Waals surface area contributed by atoms with Crippen LogP contribution in [0.15, 0.2) is 0 Å². The third-order valence-corrected chi connectivity index (χ3v) is 3.67. The molecule has 1 atom stereocenters.